The second kappa shape index (κ2) is 20.9. The zero-order chi connectivity index (χ0) is 28.4. The van der Waals surface area contributed by atoms with Gasteiger partial charge in [0.05, 0.1) is 0 Å². The van der Waals surface area contributed by atoms with Crippen molar-refractivity contribution in [2.45, 2.75) is 156 Å². The number of rotatable bonds is 23. The van der Waals surface area contributed by atoms with Gasteiger partial charge in [-0.1, -0.05) is 0 Å². The first-order valence-corrected chi connectivity index (χ1v) is 32.7. The topological polar surface area (TPSA) is 3.24 Å². The van der Waals surface area contributed by atoms with Gasteiger partial charge in [-0.05, 0) is 0 Å². The Morgan fingerprint density at radius 1 is 0.605 bits per heavy atom. The van der Waals surface area contributed by atoms with Gasteiger partial charge in [0.1, 0.15) is 0 Å². The number of hydrogen-bond acceptors (Lipinski definition) is 1. The van der Waals surface area contributed by atoms with Gasteiger partial charge in [-0.25, -0.2) is 0 Å². The molecule has 0 saturated heterocycles. The molecule has 1 nitrogen and oxygen atoms in total. The van der Waals surface area contributed by atoms with Gasteiger partial charge in [-0.2, -0.15) is 0 Å². The first kappa shape index (κ1) is 37.1. The van der Waals surface area contributed by atoms with E-state index in [1.54, 1.807) is 28.0 Å². The number of hydrogen-bond donors (Lipinski definition) is 0. The molecule has 0 unspecified atom stereocenters. The van der Waals surface area contributed by atoms with Crippen LogP contribution in [0.4, 0.5) is 0 Å². The molecule has 0 atom stereocenters. The third kappa shape index (κ3) is 12.1. The van der Waals surface area contributed by atoms with E-state index in [1.165, 1.54) is 94.8 Å². The second-order valence-corrected chi connectivity index (χ2v) is 40.2. The first-order chi connectivity index (χ1) is 18.3. The quantitative estimate of drug-likeness (QED) is 0.100. The Kier molecular flexibility index (Phi) is 20.4. The van der Waals surface area contributed by atoms with Crippen LogP contribution in [-0.2, 0) is 11.0 Å². The molecule has 0 aromatic heterocycles. The Hall–Kier alpha value is 1.07. The zero-order valence-electron chi connectivity index (χ0n) is 27.1. The molecular formula is C34H66ClNSn2. The van der Waals surface area contributed by atoms with Crippen LogP contribution in [0.3, 0.4) is 0 Å². The molecule has 1 rings (SSSR count). The normalized spacial score (nSPS) is 12.6. The Morgan fingerprint density at radius 2 is 1.00 bits per heavy atom. The molecule has 0 aliphatic carbocycles. The van der Waals surface area contributed by atoms with E-state index in [4.69, 9.17) is 11.6 Å². The first-order valence-electron chi connectivity index (χ1n) is 16.7. The molecule has 0 aliphatic rings. The fourth-order valence-electron chi connectivity index (χ4n) is 6.89. The second-order valence-electron chi connectivity index (χ2n) is 12.9. The molecule has 1 aromatic rings. The summed E-state index contributed by atoms with van der Waals surface area (Å²) in [4.78, 5) is 2.45. The van der Waals surface area contributed by atoms with E-state index in [-0.39, 0.29) is 0 Å². The van der Waals surface area contributed by atoms with Crippen molar-refractivity contribution in [1.29, 1.82) is 0 Å². The van der Waals surface area contributed by atoms with Crippen molar-refractivity contribution in [1.82, 2.24) is 4.90 Å². The number of unbranched alkanes of at least 4 members (excludes halogenated alkanes) is 6. The molecule has 0 fully saturated rings. The maximum absolute atomic E-state index is 7.38. The van der Waals surface area contributed by atoms with Crippen LogP contribution in [0.15, 0.2) is 12.1 Å². The van der Waals surface area contributed by atoms with Gasteiger partial charge in [0.2, 0.25) is 0 Å². The van der Waals surface area contributed by atoms with Crippen LogP contribution in [0.2, 0.25) is 31.6 Å². The van der Waals surface area contributed by atoms with Crippen LogP contribution >= 0.6 is 11.6 Å². The number of halogens is 1. The van der Waals surface area contributed by atoms with Gasteiger partial charge in [0.15, 0.2) is 0 Å². The minimum absolute atomic E-state index is 1.09. The molecule has 0 radical (unpaired) electrons. The average Bonchev–Trinajstić information content (AvgIpc) is 2.91. The standard InChI is InChI=1S/C10H12ClN.6C4H9.2Sn/c1-8-4-5-10(11)6-9(8)7-12(2)3;6*1-3-4-2;;/h4-5H,1,7H2,2-3H3;6*1,3-4H2,2H3;;. The number of nitrogens with zero attached hydrogens (tertiary/aromatic N) is 1. The third-order valence-electron chi connectivity index (χ3n) is 9.14. The molecule has 0 spiro atoms. The predicted octanol–water partition coefficient (Wildman–Crippen LogP) is 11.4. The van der Waals surface area contributed by atoms with Crippen molar-refractivity contribution < 1.29 is 0 Å². The van der Waals surface area contributed by atoms with Crippen LogP contribution in [0.1, 0.15) is 130 Å². The fraction of sp³-hybridized carbons (Fsp3) is 0.824. The van der Waals surface area contributed by atoms with Gasteiger partial charge < -0.3 is 0 Å². The average molecular weight is 762 g/mol. The van der Waals surface area contributed by atoms with Gasteiger partial charge in [0, 0.05) is 0 Å². The fourth-order valence-corrected chi connectivity index (χ4v) is 42.1. The summed E-state index contributed by atoms with van der Waals surface area (Å²) in [6, 6.07) is 4.91. The molecule has 0 bridgehead atoms. The van der Waals surface area contributed by atoms with E-state index in [2.05, 4.69) is 72.7 Å². The van der Waals surface area contributed by atoms with Crippen molar-refractivity contribution in [3.63, 3.8) is 0 Å². The summed E-state index contributed by atoms with van der Waals surface area (Å²) in [6.07, 6.45) is 16.6. The van der Waals surface area contributed by atoms with Crippen LogP contribution < -0.4 is 3.58 Å². The van der Waals surface area contributed by atoms with Crippen molar-refractivity contribution in [2.75, 3.05) is 14.1 Å². The van der Waals surface area contributed by atoms with E-state index in [0.717, 1.165) is 11.6 Å². The van der Waals surface area contributed by atoms with E-state index < -0.39 is 36.8 Å². The van der Waals surface area contributed by atoms with E-state index in [0.29, 0.717) is 0 Å². The van der Waals surface area contributed by atoms with Crippen LogP contribution in [-0.4, -0.2) is 55.7 Å². The number of benzene rings is 1. The van der Waals surface area contributed by atoms with Crippen LogP contribution in [0, 0.1) is 0 Å². The summed E-state index contributed by atoms with van der Waals surface area (Å²) in [6.45, 7) is 15.5. The molecule has 0 heterocycles. The molecule has 1 aromatic carbocycles. The monoisotopic (exact) mass is 763 g/mol. The van der Waals surface area contributed by atoms with Crippen molar-refractivity contribution in [2.24, 2.45) is 0 Å². The summed E-state index contributed by atoms with van der Waals surface area (Å²) in [5.74, 6) is 0. The van der Waals surface area contributed by atoms with Crippen molar-refractivity contribution in [3.05, 3.63) is 28.3 Å². The SMILES string of the molecule is CCC[CH2][Sn]([CH2]CCC)([CH2]CCC)[CH2]c1ccc(Cl)[c]([Sn]([CH2]CCC)([CH2]CCC)[CH2]CCC)c1CN(C)C. The molecule has 38 heavy (non-hydrogen) atoms. The van der Waals surface area contributed by atoms with Gasteiger partial charge in [0.25, 0.3) is 0 Å². The molecule has 0 amide bonds. The molecule has 0 saturated carbocycles. The summed E-state index contributed by atoms with van der Waals surface area (Å²) in [7, 11) is 4.58. The van der Waals surface area contributed by atoms with E-state index >= 15 is 0 Å². The molecule has 4 heteroatoms. The Bertz CT molecular complexity index is 705. The van der Waals surface area contributed by atoms with E-state index in [9.17, 15) is 0 Å². The Labute approximate surface area is 253 Å². The van der Waals surface area contributed by atoms with Gasteiger partial charge in [-0.15, -0.1) is 0 Å². The summed E-state index contributed by atoms with van der Waals surface area (Å²) in [5, 5.41) is 1.15. The van der Waals surface area contributed by atoms with Crippen LogP contribution in [0.25, 0.3) is 0 Å². The predicted molar refractivity (Wildman–Crippen MR) is 182 cm³/mol. The van der Waals surface area contributed by atoms with Crippen molar-refractivity contribution >= 4 is 51.9 Å². The van der Waals surface area contributed by atoms with Crippen molar-refractivity contribution in [3.8, 4) is 0 Å². The summed E-state index contributed by atoms with van der Waals surface area (Å²) in [5.41, 5.74) is 3.48. The van der Waals surface area contributed by atoms with E-state index in [1.807, 2.05) is 0 Å². The molecule has 0 aliphatic heterocycles. The van der Waals surface area contributed by atoms with Gasteiger partial charge in [-0.3, -0.25) is 0 Å². The summed E-state index contributed by atoms with van der Waals surface area (Å²) < 4.78 is 12.6. The third-order valence-corrected chi connectivity index (χ3v) is 41.1. The molecule has 0 N–H and O–H groups in total. The zero-order valence-corrected chi connectivity index (χ0v) is 33.6. The maximum atomic E-state index is 7.38. The minimum atomic E-state index is -2.70. The Morgan fingerprint density at radius 3 is 1.37 bits per heavy atom. The molecular weight excluding hydrogens is 695 g/mol. The van der Waals surface area contributed by atoms with Gasteiger partial charge >= 0.3 is 255 Å². The van der Waals surface area contributed by atoms with Crippen LogP contribution in [0.5, 0.6) is 0 Å². The molecule has 222 valence electrons. The Balaban J connectivity index is 3.84. The summed E-state index contributed by atoms with van der Waals surface area (Å²) >= 11 is 2.34.